The van der Waals surface area contributed by atoms with Crippen LogP contribution in [0.5, 0.6) is 11.5 Å². The molecule has 0 bridgehead atoms. The smallest absolute Gasteiger partial charge is 0.254 e. The number of rotatable bonds is 8. The van der Waals surface area contributed by atoms with Crippen molar-refractivity contribution >= 4 is 11.8 Å². The largest absolute Gasteiger partial charge is 0.493 e. The summed E-state index contributed by atoms with van der Waals surface area (Å²) in [4.78, 5) is 32.3. The Morgan fingerprint density at radius 1 is 1.20 bits per heavy atom. The number of methoxy groups -OCH3 is 3. The number of aromatic nitrogens is 1. The van der Waals surface area contributed by atoms with Crippen LogP contribution in [-0.4, -0.2) is 63.2 Å². The van der Waals surface area contributed by atoms with Crippen molar-refractivity contribution in [1.82, 2.24) is 15.2 Å². The third-order valence-electron chi connectivity index (χ3n) is 5.31. The third kappa shape index (κ3) is 4.09. The number of ether oxygens (including phenoxy) is 3. The minimum Gasteiger partial charge on any atom is -0.493 e. The van der Waals surface area contributed by atoms with E-state index in [1.165, 1.54) is 14.2 Å². The Hall–Kier alpha value is -3.13. The van der Waals surface area contributed by atoms with E-state index >= 15 is 0 Å². The van der Waals surface area contributed by atoms with E-state index in [1.54, 1.807) is 49.7 Å². The van der Waals surface area contributed by atoms with Gasteiger partial charge in [0, 0.05) is 45.3 Å². The summed E-state index contributed by atoms with van der Waals surface area (Å²) >= 11 is 0. The van der Waals surface area contributed by atoms with Gasteiger partial charge < -0.3 is 24.4 Å². The molecule has 2 aromatic rings. The maximum Gasteiger partial charge on any atom is 0.254 e. The molecule has 1 aromatic carbocycles. The summed E-state index contributed by atoms with van der Waals surface area (Å²) in [5.41, 5.74) is 1.81. The van der Waals surface area contributed by atoms with Crippen LogP contribution >= 0.6 is 0 Å². The lowest BCUT2D eigenvalue weighted by atomic mass is 9.79. The van der Waals surface area contributed by atoms with E-state index in [4.69, 9.17) is 14.2 Å². The van der Waals surface area contributed by atoms with Gasteiger partial charge in [0.1, 0.15) is 0 Å². The first-order chi connectivity index (χ1) is 14.5. The van der Waals surface area contributed by atoms with Crippen LogP contribution in [-0.2, 0) is 9.53 Å². The number of hydrogen-bond donors (Lipinski definition) is 1. The van der Waals surface area contributed by atoms with E-state index in [0.29, 0.717) is 42.2 Å². The van der Waals surface area contributed by atoms with Gasteiger partial charge in [-0.25, -0.2) is 0 Å². The number of fused-ring (bicyclic) bond motifs is 1. The van der Waals surface area contributed by atoms with E-state index in [0.717, 1.165) is 5.56 Å². The van der Waals surface area contributed by atoms with E-state index in [-0.39, 0.29) is 11.8 Å². The zero-order valence-electron chi connectivity index (χ0n) is 17.7. The van der Waals surface area contributed by atoms with Crippen molar-refractivity contribution in [1.29, 1.82) is 0 Å². The molecule has 2 atom stereocenters. The minimum absolute atomic E-state index is 0.173. The van der Waals surface area contributed by atoms with Gasteiger partial charge in [-0.1, -0.05) is 6.07 Å². The number of carbonyl (C=O) groups excluding carboxylic acids is 2. The zero-order chi connectivity index (χ0) is 21.7. The van der Waals surface area contributed by atoms with Gasteiger partial charge in [-0.2, -0.15) is 0 Å². The van der Waals surface area contributed by atoms with Crippen molar-refractivity contribution in [2.75, 3.05) is 41.5 Å². The molecule has 2 heterocycles. The Morgan fingerprint density at radius 3 is 2.57 bits per heavy atom. The first-order valence-corrected chi connectivity index (χ1v) is 9.73. The fourth-order valence-electron chi connectivity index (χ4n) is 3.84. The molecule has 2 unspecified atom stereocenters. The highest BCUT2D eigenvalue weighted by molar-refractivity contribution is 6.02. The number of likely N-dealkylation sites (N-methyl/N-ethyl adjacent to an activating group) is 1. The molecule has 1 aromatic heterocycles. The van der Waals surface area contributed by atoms with Crippen molar-refractivity contribution in [2.45, 2.75) is 18.4 Å². The lowest BCUT2D eigenvalue weighted by Gasteiger charge is -2.39. The molecule has 2 amide bonds. The fraction of sp³-hybridized carbons (Fsp3) is 0.409. The number of hydrogen-bond acceptors (Lipinski definition) is 6. The summed E-state index contributed by atoms with van der Waals surface area (Å²) in [6.45, 7) is 1.03. The molecule has 160 valence electrons. The third-order valence-corrected chi connectivity index (χ3v) is 5.31. The summed E-state index contributed by atoms with van der Waals surface area (Å²) in [6, 6.07) is 6.53. The highest BCUT2D eigenvalue weighted by Crippen LogP contribution is 2.45. The van der Waals surface area contributed by atoms with Gasteiger partial charge in [-0.15, -0.1) is 0 Å². The lowest BCUT2D eigenvalue weighted by molar-refractivity contribution is -0.124. The summed E-state index contributed by atoms with van der Waals surface area (Å²) < 4.78 is 15.9. The van der Waals surface area contributed by atoms with E-state index < -0.39 is 12.0 Å². The van der Waals surface area contributed by atoms with Gasteiger partial charge in [0.2, 0.25) is 5.91 Å². The normalized spacial score (nSPS) is 18.0. The number of nitrogens with one attached hydrogen (secondary N) is 1. The molecule has 3 rings (SSSR count). The predicted molar refractivity (Wildman–Crippen MR) is 111 cm³/mol. The lowest BCUT2D eigenvalue weighted by Crippen LogP contribution is -2.46. The second-order valence-electron chi connectivity index (χ2n) is 7.06. The standard InChI is InChI=1S/C22H27N3O5/c1-25-20(14-7-5-8-23-13-14)19(21(26)24-9-6-10-28-2)15-11-17(29-3)18(30-4)12-16(15)22(25)27/h5,7-8,11-13,19-20H,6,9-10H2,1-4H3,(H,24,26). The van der Waals surface area contributed by atoms with Crippen LogP contribution in [0.25, 0.3) is 0 Å². The van der Waals surface area contributed by atoms with Crippen molar-refractivity contribution in [3.63, 3.8) is 0 Å². The molecule has 0 radical (unpaired) electrons. The van der Waals surface area contributed by atoms with Gasteiger partial charge in [-0.3, -0.25) is 14.6 Å². The van der Waals surface area contributed by atoms with Crippen LogP contribution in [0.1, 0.15) is 39.9 Å². The molecule has 30 heavy (non-hydrogen) atoms. The highest BCUT2D eigenvalue weighted by atomic mass is 16.5. The van der Waals surface area contributed by atoms with Gasteiger partial charge >= 0.3 is 0 Å². The van der Waals surface area contributed by atoms with Crippen LogP contribution in [0.3, 0.4) is 0 Å². The molecule has 1 aliphatic rings. The Kier molecular flexibility index (Phi) is 6.89. The topological polar surface area (TPSA) is 90.0 Å². The van der Waals surface area contributed by atoms with Crippen LogP contribution in [0, 0.1) is 0 Å². The van der Waals surface area contributed by atoms with Gasteiger partial charge in [0.25, 0.3) is 5.91 Å². The Bertz CT molecular complexity index is 903. The molecule has 0 saturated heterocycles. The molecule has 0 saturated carbocycles. The van der Waals surface area contributed by atoms with Crippen LogP contribution in [0.15, 0.2) is 36.7 Å². The Morgan fingerprint density at radius 2 is 1.93 bits per heavy atom. The Balaban J connectivity index is 2.10. The molecule has 0 aliphatic carbocycles. The maximum absolute atomic E-state index is 13.3. The van der Waals surface area contributed by atoms with Crippen molar-refractivity contribution < 1.29 is 23.8 Å². The molecule has 1 N–H and O–H groups in total. The van der Waals surface area contributed by atoms with Crippen LogP contribution in [0.2, 0.25) is 0 Å². The average Bonchev–Trinajstić information content (AvgIpc) is 2.78. The number of carbonyl (C=O) groups is 2. The zero-order valence-corrected chi connectivity index (χ0v) is 17.7. The van der Waals surface area contributed by atoms with Crippen LogP contribution in [0.4, 0.5) is 0 Å². The van der Waals surface area contributed by atoms with Gasteiger partial charge in [-0.05, 0) is 35.7 Å². The van der Waals surface area contributed by atoms with Crippen molar-refractivity contribution in [3.8, 4) is 11.5 Å². The van der Waals surface area contributed by atoms with E-state index in [1.807, 2.05) is 6.07 Å². The Labute approximate surface area is 176 Å². The molecule has 1 aliphatic heterocycles. The molecule has 8 nitrogen and oxygen atoms in total. The number of nitrogens with zero attached hydrogens (tertiary/aromatic N) is 2. The van der Waals surface area contributed by atoms with Crippen molar-refractivity contribution in [3.05, 3.63) is 53.3 Å². The van der Waals surface area contributed by atoms with Gasteiger partial charge in [0.15, 0.2) is 11.5 Å². The maximum atomic E-state index is 13.3. The molecule has 8 heteroatoms. The second kappa shape index (κ2) is 9.58. The number of pyridine rings is 1. The minimum atomic E-state index is -0.630. The molecule has 0 fully saturated rings. The van der Waals surface area contributed by atoms with E-state index in [2.05, 4.69) is 10.3 Å². The molecular formula is C22H27N3O5. The summed E-state index contributed by atoms with van der Waals surface area (Å²) in [7, 11) is 6.36. The molecular weight excluding hydrogens is 386 g/mol. The predicted octanol–water partition coefficient (Wildman–Crippen LogP) is 2.16. The summed E-state index contributed by atoms with van der Waals surface area (Å²) in [5.74, 6) is -0.0851. The SMILES string of the molecule is COCCCNC(=O)C1c2cc(OC)c(OC)cc2C(=O)N(C)C1c1cccnc1. The van der Waals surface area contributed by atoms with E-state index in [9.17, 15) is 9.59 Å². The first-order valence-electron chi connectivity index (χ1n) is 9.73. The number of amides is 2. The molecule has 0 spiro atoms. The summed E-state index contributed by atoms with van der Waals surface area (Å²) in [5, 5.41) is 2.98. The van der Waals surface area contributed by atoms with Crippen LogP contribution < -0.4 is 14.8 Å². The quantitative estimate of drug-likeness (QED) is 0.667. The fourth-order valence-corrected chi connectivity index (χ4v) is 3.84. The number of benzene rings is 1. The second-order valence-corrected chi connectivity index (χ2v) is 7.06. The average molecular weight is 413 g/mol. The highest BCUT2D eigenvalue weighted by Gasteiger charge is 2.43. The summed E-state index contributed by atoms with van der Waals surface area (Å²) in [6.07, 6.45) is 4.04. The first kappa shape index (κ1) is 21.6. The monoisotopic (exact) mass is 413 g/mol. The van der Waals surface area contributed by atoms with Crippen molar-refractivity contribution in [2.24, 2.45) is 0 Å². The van der Waals surface area contributed by atoms with Gasteiger partial charge in [0.05, 0.1) is 26.2 Å².